The molecule has 0 amide bonds. The van der Waals surface area contributed by atoms with Crippen LogP contribution in [0.3, 0.4) is 0 Å². The Morgan fingerprint density at radius 3 is 1.10 bits per heavy atom. The summed E-state index contributed by atoms with van der Waals surface area (Å²) in [5.74, 6) is 3.81. The Balaban J connectivity index is 1.32. The van der Waals surface area contributed by atoms with E-state index in [1.54, 1.807) is 0 Å². The summed E-state index contributed by atoms with van der Waals surface area (Å²) in [7, 11) is 0. The van der Waals surface area contributed by atoms with E-state index >= 15 is 0 Å². The first-order chi connectivity index (χ1) is 23.6. The van der Waals surface area contributed by atoms with E-state index in [-0.39, 0.29) is 22.2 Å². The molecule has 4 heterocycles. The molecule has 6 aromatic rings. The summed E-state index contributed by atoms with van der Waals surface area (Å²) in [4.78, 5) is 24.7. The number of amidine groups is 2. The minimum absolute atomic E-state index is 0.203. The quantitative estimate of drug-likeness (QED) is 0.177. The fraction of sp³-hybridized carbons (Fsp3) is 0.318. The SMILES string of the molecule is CC1=NC(C)(C)C(C)(C)N1c1ccc(-c2ccc(-c3ccc(N4C(C)=NC(C)(C)C4(C)C)nc3)c3c4ccccc4c4ccccc4c23)cn1. The number of fused-ring (bicyclic) bond motifs is 6. The molecular weight excluding hydrogens is 613 g/mol. The second-order valence-electron chi connectivity index (χ2n) is 16.0. The standard InChI is InChI=1S/C44H46N6/c1-27-47-41(3,4)43(7,8)49(27)37-23-19-29(25-45-37)31-21-22-32(30-20-24-38(46-26-30)50-28(2)48-42(5,6)44(50,9)10)40-36-18-14-12-16-34(36)33-15-11-13-17-35(33)39(31)40/h11-26H,1-10H3. The number of aromatic nitrogens is 2. The normalized spacial score (nSPS) is 19.0. The largest absolute Gasteiger partial charge is 0.307 e. The van der Waals surface area contributed by atoms with Crippen LogP contribution in [0.4, 0.5) is 11.6 Å². The van der Waals surface area contributed by atoms with Gasteiger partial charge in [-0.3, -0.25) is 9.98 Å². The van der Waals surface area contributed by atoms with E-state index in [0.29, 0.717) is 0 Å². The Bertz CT molecular complexity index is 2230. The van der Waals surface area contributed by atoms with Gasteiger partial charge in [-0.15, -0.1) is 0 Å². The highest BCUT2D eigenvalue weighted by Gasteiger charge is 2.49. The molecule has 0 unspecified atom stereocenters. The second-order valence-corrected chi connectivity index (χ2v) is 16.0. The van der Waals surface area contributed by atoms with Gasteiger partial charge in [-0.1, -0.05) is 60.7 Å². The average Bonchev–Trinajstić information content (AvgIpc) is 3.35. The average molecular weight is 659 g/mol. The fourth-order valence-electron chi connectivity index (χ4n) is 8.31. The van der Waals surface area contributed by atoms with E-state index in [9.17, 15) is 0 Å². The second kappa shape index (κ2) is 10.7. The van der Waals surface area contributed by atoms with E-state index in [1.807, 2.05) is 12.4 Å². The number of benzene rings is 4. The Morgan fingerprint density at radius 1 is 0.440 bits per heavy atom. The number of hydrogen-bond acceptors (Lipinski definition) is 6. The van der Waals surface area contributed by atoms with Gasteiger partial charge in [0.2, 0.25) is 0 Å². The van der Waals surface area contributed by atoms with Crippen molar-refractivity contribution >= 4 is 55.6 Å². The minimum Gasteiger partial charge on any atom is -0.307 e. The van der Waals surface area contributed by atoms with Gasteiger partial charge in [-0.05, 0) is 137 Å². The number of aliphatic imine (C=N–C) groups is 2. The Kier molecular flexibility index (Phi) is 6.87. The predicted molar refractivity (Wildman–Crippen MR) is 213 cm³/mol. The highest BCUT2D eigenvalue weighted by Crippen LogP contribution is 2.46. The zero-order valence-corrected chi connectivity index (χ0v) is 30.9. The molecule has 252 valence electrons. The lowest BCUT2D eigenvalue weighted by Crippen LogP contribution is -2.53. The lowest BCUT2D eigenvalue weighted by atomic mass is 9.83. The van der Waals surface area contributed by atoms with Gasteiger partial charge in [0, 0.05) is 23.5 Å². The molecule has 50 heavy (non-hydrogen) atoms. The Hall–Kier alpha value is -5.10. The van der Waals surface area contributed by atoms with Crippen LogP contribution in [0.1, 0.15) is 69.2 Å². The summed E-state index contributed by atoms with van der Waals surface area (Å²) in [6, 6.07) is 30.8. The summed E-state index contributed by atoms with van der Waals surface area (Å²) in [5.41, 5.74) is 3.64. The van der Waals surface area contributed by atoms with Crippen molar-refractivity contribution in [2.75, 3.05) is 9.80 Å². The third-order valence-corrected chi connectivity index (χ3v) is 12.1. The first-order valence-corrected chi connectivity index (χ1v) is 17.7. The van der Waals surface area contributed by atoms with E-state index < -0.39 is 0 Å². The summed E-state index contributed by atoms with van der Waals surface area (Å²) in [5, 5.41) is 7.39. The molecule has 2 aliphatic rings. The van der Waals surface area contributed by atoms with Crippen molar-refractivity contribution in [3.05, 3.63) is 97.3 Å². The van der Waals surface area contributed by atoms with E-state index in [2.05, 4.69) is 164 Å². The minimum atomic E-state index is -0.218. The van der Waals surface area contributed by atoms with Crippen molar-refractivity contribution < 1.29 is 0 Å². The van der Waals surface area contributed by atoms with Crippen molar-refractivity contribution in [2.24, 2.45) is 9.98 Å². The first kappa shape index (κ1) is 32.1. The lowest BCUT2D eigenvalue weighted by molar-refractivity contribution is 0.337. The van der Waals surface area contributed by atoms with Gasteiger partial charge in [0.15, 0.2) is 0 Å². The van der Waals surface area contributed by atoms with Crippen LogP contribution in [0.15, 0.2) is 107 Å². The lowest BCUT2D eigenvalue weighted by Gasteiger charge is -2.40. The highest BCUT2D eigenvalue weighted by molar-refractivity contribution is 6.31. The number of nitrogens with zero attached hydrogens (tertiary/aromatic N) is 6. The monoisotopic (exact) mass is 658 g/mol. The van der Waals surface area contributed by atoms with E-state index in [0.717, 1.165) is 45.6 Å². The van der Waals surface area contributed by atoms with Gasteiger partial charge in [0.25, 0.3) is 0 Å². The summed E-state index contributed by atoms with van der Waals surface area (Å²) in [6.45, 7) is 21.9. The maximum absolute atomic E-state index is 5.07. The maximum Gasteiger partial charge on any atom is 0.134 e. The maximum atomic E-state index is 5.07. The topological polar surface area (TPSA) is 57.0 Å². The molecule has 6 nitrogen and oxygen atoms in total. The molecule has 0 saturated heterocycles. The van der Waals surface area contributed by atoms with Gasteiger partial charge in [0.05, 0.1) is 22.2 Å². The number of rotatable bonds is 4. The van der Waals surface area contributed by atoms with Crippen LogP contribution >= 0.6 is 0 Å². The van der Waals surface area contributed by atoms with Crippen LogP contribution < -0.4 is 9.80 Å². The van der Waals surface area contributed by atoms with E-state index in [4.69, 9.17) is 20.0 Å². The molecule has 0 saturated carbocycles. The number of hydrogen-bond donors (Lipinski definition) is 0. The van der Waals surface area contributed by atoms with Crippen molar-refractivity contribution in [1.29, 1.82) is 0 Å². The Morgan fingerprint density at radius 2 is 0.800 bits per heavy atom. The molecule has 2 aliphatic heterocycles. The van der Waals surface area contributed by atoms with Crippen LogP contribution in [0.25, 0.3) is 54.6 Å². The third kappa shape index (κ3) is 4.46. The van der Waals surface area contributed by atoms with Crippen LogP contribution in [0.5, 0.6) is 0 Å². The summed E-state index contributed by atoms with van der Waals surface area (Å²) < 4.78 is 0. The fourth-order valence-corrected chi connectivity index (χ4v) is 8.31. The molecule has 6 heteroatoms. The predicted octanol–water partition coefficient (Wildman–Crippen LogP) is 10.9. The molecule has 0 atom stereocenters. The molecule has 2 aromatic heterocycles. The van der Waals surface area contributed by atoms with Gasteiger partial charge in [-0.2, -0.15) is 0 Å². The molecular formula is C44H46N6. The van der Waals surface area contributed by atoms with Crippen LogP contribution in [0, 0.1) is 0 Å². The molecule has 4 aromatic carbocycles. The molecule has 0 radical (unpaired) electrons. The van der Waals surface area contributed by atoms with Gasteiger partial charge in [-0.25, -0.2) is 9.97 Å². The number of pyridine rings is 2. The van der Waals surface area contributed by atoms with Crippen molar-refractivity contribution in [1.82, 2.24) is 9.97 Å². The molecule has 0 fully saturated rings. The van der Waals surface area contributed by atoms with Crippen molar-refractivity contribution in [3.63, 3.8) is 0 Å². The highest BCUT2D eigenvalue weighted by atomic mass is 15.4. The van der Waals surface area contributed by atoms with Gasteiger partial charge >= 0.3 is 0 Å². The van der Waals surface area contributed by atoms with Crippen molar-refractivity contribution in [3.8, 4) is 22.3 Å². The zero-order valence-electron chi connectivity index (χ0n) is 30.9. The zero-order chi connectivity index (χ0) is 35.4. The van der Waals surface area contributed by atoms with E-state index in [1.165, 1.54) is 32.3 Å². The molecule has 0 bridgehead atoms. The summed E-state index contributed by atoms with van der Waals surface area (Å²) >= 11 is 0. The first-order valence-electron chi connectivity index (χ1n) is 17.7. The molecule has 8 rings (SSSR count). The van der Waals surface area contributed by atoms with Gasteiger partial charge in [0.1, 0.15) is 23.3 Å². The van der Waals surface area contributed by atoms with Crippen LogP contribution in [0.2, 0.25) is 0 Å². The molecule has 0 N–H and O–H groups in total. The smallest absolute Gasteiger partial charge is 0.134 e. The van der Waals surface area contributed by atoms with Crippen LogP contribution in [-0.2, 0) is 0 Å². The number of anilines is 2. The molecule has 0 spiro atoms. The van der Waals surface area contributed by atoms with Gasteiger partial charge < -0.3 is 9.80 Å². The van der Waals surface area contributed by atoms with Crippen molar-refractivity contribution in [2.45, 2.75) is 91.4 Å². The van der Waals surface area contributed by atoms with Crippen LogP contribution in [-0.4, -0.2) is 43.8 Å². The third-order valence-electron chi connectivity index (χ3n) is 12.1. The summed E-state index contributed by atoms with van der Waals surface area (Å²) in [6.07, 6.45) is 4.06. The Labute approximate surface area is 295 Å². The molecule has 0 aliphatic carbocycles.